The van der Waals surface area contributed by atoms with E-state index in [1.807, 2.05) is 0 Å². The normalized spacial score (nSPS) is 18.5. The zero-order valence-electron chi connectivity index (χ0n) is 8.54. The first-order valence-corrected chi connectivity index (χ1v) is 5.17. The molecule has 1 N–H and O–H groups in total. The predicted octanol–water partition coefficient (Wildman–Crippen LogP) is 2.41. The first-order valence-electron chi connectivity index (χ1n) is 5.17. The second-order valence-electron chi connectivity index (χ2n) is 4.14. The molecule has 0 aromatic carbocycles. The molecule has 0 radical (unpaired) electrons. The van der Waals surface area contributed by atoms with Gasteiger partial charge in [-0.2, -0.15) is 13.2 Å². The molecular weight excluding hydrogens is 219 g/mol. The van der Waals surface area contributed by atoms with E-state index in [2.05, 4.69) is 4.98 Å². The monoisotopic (exact) mass is 231 g/mol. The summed E-state index contributed by atoms with van der Waals surface area (Å²) in [4.78, 5) is 3.72. The standard InChI is InChI=1S/C11H12F3NO/c12-11(13,14)8-3-4-9(15-6-8)5-10(16)7-1-2-7/h3-4,6-7,10,16H,1-2,5H2. The quantitative estimate of drug-likeness (QED) is 0.866. The lowest BCUT2D eigenvalue weighted by Crippen LogP contribution is -2.14. The summed E-state index contributed by atoms with van der Waals surface area (Å²) in [5, 5.41) is 9.61. The zero-order valence-corrected chi connectivity index (χ0v) is 8.54. The van der Waals surface area contributed by atoms with Gasteiger partial charge in [-0.3, -0.25) is 4.98 Å². The van der Waals surface area contributed by atoms with Crippen LogP contribution in [0.25, 0.3) is 0 Å². The van der Waals surface area contributed by atoms with Crippen molar-refractivity contribution in [1.29, 1.82) is 0 Å². The molecule has 1 aliphatic rings. The Morgan fingerprint density at radius 1 is 1.38 bits per heavy atom. The number of hydrogen-bond acceptors (Lipinski definition) is 2. The van der Waals surface area contributed by atoms with E-state index in [1.165, 1.54) is 6.07 Å². The third-order valence-corrected chi connectivity index (χ3v) is 2.74. The topological polar surface area (TPSA) is 33.1 Å². The summed E-state index contributed by atoms with van der Waals surface area (Å²) >= 11 is 0. The molecule has 1 heterocycles. The van der Waals surface area contributed by atoms with Crippen molar-refractivity contribution in [1.82, 2.24) is 4.98 Å². The molecule has 1 aromatic heterocycles. The Labute approximate surface area is 91.1 Å². The summed E-state index contributed by atoms with van der Waals surface area (Å²) in [6.45, 7) is 0. The second kappa shape index (κ2) is 4.05. The molecule has 1 aromatic rings. The Morgan fingerprint density at radius 3 is 2.50 bits per heavy atom. The molecule has 2 rings (SSSR count). The number of rotatable bonds is 3. The smallest absolute Gasteiger partial charge is 0.392 e. The van der Waals surface area contributed by atoms with Crippen LogP contribution in [0, 0.1) is 5.92 Å². The van der Waals surface area contributed by atoms with Crippen LogP contribution in [0.5, 0.6) is 0 Å². The molecule has 1 saturated carbocycles. The number of aliphatic hydroxyl groups excluding tert-OH is 1. The molecule has 1 aliphatic carbocycles. The Kier molecular flexibility index (Phi) is 2.88. The highest BCUT2D eigenvalue weighted by Gasteiger charge is 2.32. The third-order valence-electron chi connectivity index (χ3n) is 2.74. The molecule has 2 nitrogen and oxygen atoms in total. The van der Waals surface area contributed by atoms with Crippen LogP contribution in [0.2, 0.25) is 0 Å². The van der Waals surface area contributed by atoms with Crippen LogP contribution >= 0.6 is 0 Å². The summed E-state index contributed by atoms with van der Waals surface area (Å²) in [6, 6.07) is 2.33. The molecule has 88 valence electrons. The molecule has 0 bridgehead atoms. The highest BCUT2D eigenvalue weighted by molar-refractivity contribution is 5.17. The van der Waals surface area contributed by atoms with Gasteiger partial charge in [-0.1, -0.05) is 0 Å². The minimum absolute atomic E-state index is 0.309. The van der Waals surface area contributed by atoms with Gasteiger partial charge in [0, 0.05) is 18.3 Å². The van der Waals surface area contributed by atoms with Crippen molar-refractivity contribution in [3.63, 3.8) is 0 Å². The Hall–Kier alpha value is -1.10. The average Bonchev–Trinajstić information content (AvgIpc) is 3.00. The fourth-order valence-corrected chi connectivity index (χ4v) is 1.57. The molecule has 0 saturated heterocycles. The fraction of sp³-hybridized carbons (Fsp3) is 0.545. The first-order chi connectivity index (χ1) is 7.47. The molecule has 1 fully saturated rings. The van der Waals surface area contributed by atoms with Crippen molar-refractivity contribution in [3.05, 3.63) is 29.6 Å². The van der Waals surface area contributed by atoms with E-state index in [-0.39, 0.29) is 0 Å². The van der Waals surface area contributed by atoms with Crippen LogP contribution in [-0.2, 0) is 12.6 Å². The summed E-state index contributed by atoms with van der Waals surface area (Å²) in [7, 11) is 0. The van der Waals surface area contributed by atoms with Crippen molar-refractivity contribution in [3.8, 4) is 0 Å². The van der Waals surface area contributed by atoms with Gasteiger partial charge in [-0.15, -0.1) is 0 Å². The van der Waals surface area contributed by atoms with Gasteiger partial charge >= 0.3 is 6.18 Å². The van der Waals surface area contributed by atoms with E-state index in [9.17, 15) is 18.3 Å². The number of aliphatic hydroxyl groups is 1. The van der Waals surface area contributed by atoms with Gasteiger partial charge in [-0.25, -0.2) is 0 Å². The van der Waals surface area contributed by atoms with Crippen LogP contribution < -0.4 is 0 Å². The van der Waals surface area contributed by atoms with Crippen molar-refractivity contribution >= 4 is 0 Å². The van der Waals surface area contributed by atoms with E-state index in [0.717, 1.165) is 25.1 Å². The summed E-state index contributed by atoms with van der Waals surface area (Å²) in [5.74, 6) is 0.309. The molecule has 0 amide bonds. The van der Waals surface area contributed by atoms with E-state index in [1.54, 1.807) is 0 Å². The summed E-state index contributed by atoms with van der Waals surface area (Å²) < 4.78 is 36.7. The number of pyridine rings is 1. The first kappa shape index (κ1) is 11.4. The van der Waals surface area contributed by atoms with E-state index in [4.69, 9.17) is 0 Å². The SMILES string of the molecule is OC(Cc1ccc(C(F)(F)F)cn1)C1CC1. The molecule has 1 unspecified atom stereocenters. The lowest BCUT2D eigenvalue weighted by atomic mass is 10.1. The Bertz CT molecular complexity index is 356. The number of hydrogen-bond donors (Lipinski definition) is 1. The van der Waals surface area contributed by atoms with Crippen molar-refractivity contribution in [2.24, 2.45) is 5.92 Å². The van der Waals surface area contributed by atoms with E-state index < -0.39 is 17.8 Å². The molecule has 16 heavy (non-hydrogen) atoms. The third kappa shape index (κ3) is 2.72. The maximum absolute atomic E-state index is 12.2. The van der Waals surface area contributed by atoms with Gasteiger partial charge in [-0.05, 0) is 30.9 Å². The van der Waals surface area contributed by atoms with Crippen molar-refractivity contribution in [2.75, 3.05) is 0 Å². The lowest BCUT2D eigenvalue weighted by molar-refractivity contribution is -0.137. The highest BCUT2D eigenvalue weighted by atomic mass is 19.4. The molecular formula is C11H12F3NO. The maximum atomic E-state index is 12.2. The number of halogens is 3. The highest BCUT2D eigenvalue weighted by Crippen LogP contribution is 2.34. The number of nitrogens with zero attached hydrogens (tertiary/aromatic N) is 1. The van der Waals surface area contributed by atoms with Crippen LogP contribution in [0.15, 0.2) is 18.3 Å². The maximum Gasteiger partial charge on any atom is 0.417 e. The predicted molar refractivity (Wildman–Crippen MR) is 51.7 cm³/mol. The van der Waals surface area contributed by atoms with E-state index in [0.29, 0.717) is 18.0 Å². The largest absolute Gasteiger partial charge is 0.417 e. The number of alkyl halides is 3. The van der Waals surface area contributed by atoms with Gasteiger partial charge in [0.2, 0.25) is 0 Å². The van der Waals surface area contributed by atoms with Gasteiger partial charge in [0.25, 0.3) is 0 Å². The summed E-state index contributed by atoms with van der Waals surface area (Å²) in [6.07, 6.45) is -1.66. The van der Waals surface area contributed by atoms with Crippen LogP contribution in [0.1, 0.15) is 24.1 Å². The average molecular weight is 231 g/mol. The molecule has 1 atom stereocenters. The Morgan fingerprint density at radius 2 is 2.06 bits per heavy atom. The lowest BCUT2D eigenvalue weighted by Gasteiger charge is -2.10. The zero-order chi connectivity index (χ0) is 11.8. The second-order valence-corrected chi connectivity index (χ2v) is 4.14. The fourth-order valence-electron chi connectivity index (χ4n) is 1.57. The van der Waals surface area contributed by atoms with Gasteiger partial charge in [0.05, 0.1) is 11.7 Å². The van der Waals surface area contributed by atoms with Crippen LogP contribution in [0.3, 0.4) is 0 Å². The van der Waals surface area contributed by atoms with Crippen LogP contribution in [0.4, 0.5) is 13.2 Å². The van der Waals surface area contributed by atoms with Crippen molar-refractivity contribution < 1.29 is 18.3 Å². The molecule has 0 spiro atoms. The van der Waals surface area contributed by atoms with Crippen molar-refractivity contribution in [2.45, 2.75) is 31.5 Å². The molecule has 5 heteroatoms. The van der Waals surface area contributed by atoms with Gasteiger partial charge in [0.1, 0.15) is 0 Å². The van der Waals surface area contributed by atoms with Gasteiger partial charge < -0.3 is 5.11 Å². The number of aromatic nitrogens is 1. The van der Waals surface area contributed by atoms with E-state index >= 15 is 0 Å². The Balaban J connectivity index is 2.01. The summed E-state index contributed by atoms with van der Waals surface area (Å²) in [5.41, 5.74) is -0.246. The van der Waals surface area contributed by atoms with Crippen LogP contribution in [-0.4, -0.2) is 16.2 Å². The molecule has 0 aliphatic heterocycles. The van der Waals surface area contributed by atoms with Gasteiger partial charge in [0.15, 0.2) is 0 Å². The minimum atomic E-state index is -4.35. The minimum Gasteiger partial charge on any atom is -0.392 e.